The maximum atomic E-state index is 4.01. The Morgan fingerprint density at radius 1 is 1.03 bits per heavy atom. The van der Waals surface area contributed by atoms with E-state index in [2.05, 4.69) is 101 Å². The lowest BCUT2D eigenvalue weighted by molar-refractivity contribution is 0.491. The quantitative estimate of drug-likeness (QED) is 0.410. The van der Waals surface area contributed by atoms with Crippen molar-refractivity contribution in [3.63, 3.8) is 0 Å². The Hall–Kier alpha value is -1.90. The number of hydrogen-bond donors (Lipinski definition) is 1. The van der Waals surface area contributed by atoms with E-state index in [9.17, 15) is 0 Å². The smallest absolute Gasteiger partial charge is 0.127 e. The summed E-state index contributed by atoms with van der Waals surface area (Å²) >= 11 is 0. The molecule has 0 spiro atoms. The van der Waals surface area contributed by atoms with Crippen molar-refractivity contribution in [3.8, 4) is 11.1 Å². The lowest BCUT2D eigenvalue weighted by Gasteiger charge is -2.40. The number of benzene rings is 2. The molecule has 3 rings (SSSR count). The molecule has 0 aliphatic heterocycles. The second-order valence-corrected chi connectivity index (χ2v) is 14.1. The van der Waals surface area contributed by atoms with Crippen molar-refractivity contribution in [3.05, 3.63) is 84.5 Å². The first kappa shape index (κ1) is 23.4. The second kappa shape index (κ2) is 9.73. The van der Waals surface area contributed by atoms with Gasteiger partial charge in [-0.25, -0.2) is 0 Å². The van der Waals surface area contributed by atoms with E-state index in [0.717, 1.165) is 0 Å². The molecule has 0 aromatic heterocycles. The summed E-state index contributed by atoms with van der Waals surface area (Å²) in [7, 11) is -1.59. The Kier molecular flexibility index (Phi) is 7.84. The standard InChI is InChI=1S/C22H31NSi.C5H8/c1-16-15-20-18(17-11-8-7-9-12-17)13-10-14-19(20)21(16)24(5,6)23-22(2,3)4;1-3-5-4-2/h7-14,16,21,23H,15H2,1-6H3;3-5H,1H2,2H3. The molecule has 0 bridgehead atoms. The monoisotopic (exact) mass is 405 g/mol. The van der Waals surface area contributed by atoms with Crippen LogP contribution >= 0.6 is 0 Å². The minimum Gasteiger partial charge on any atom is -0.332 e. The molecule has 0 amide bonds. The maximum Gasteiger partial charge on any atom is 0.127 e. The molecule has 0 saturated heterocycles. The van der Waals surface area contributed by atoms with Crippen molar-refractivity contribution in [2.75, 3.05) is 0 Å². The molecule has 1 nitrogen and oxygen atoms in total. The lowest BCUT2D eigenvalue weighted by Crippen LogP contribution is -2.58. The number of nitrogens with one attached hydrogen (secondary N) is 1. The molecule has 2 heteroatoms. The van der Waals surface area contributed by atoms with Crippen LogP contribution < -0.4 is 4.98 Å². The van der Waals surface area contributed by atoms with Crippen molar-refractivity contribution in [1.29, 1.82) is 0 Å². The average molecular weight is 406 g/mol. The van der Waals surface area contributed by atoms with E-state index in [1.165, 1.54) is 17.5 Å². The zero-order chi connectivity index (χ0) is 21.7. The molecule has 29 heavy (non-hydrogen) atoms. The third kappa shape index (κ3) is 6.04. The molecule has 2 atom stereocenters. The molecule has 0 saturated carbocycles. The fraction of sp³-hybridized carbons (Fsp3) is 0.407. The van der Waals surface area contributed by atoms with Crippen LogP contribution in [0.15, 0.2) is 73.3 Å². The summed E-state index contributed by atoms with van der Waals surface area (Å²) in [5.74, 6) is 0.710. The Balaban J connectivity index is 0.000000537. The van der Waals surface area contributed by atoms with Gasteiger partial charge in [-0.3, -0.25) is 0 Å². The van der Waals surface area contributed by atoms with Crippen molar-refractivity contribution in [2.24, 2.45) is 5.92 Å². The van der Waals surface area contributed by atoms with Gasteiger partial charge in [0, 0.05) is 5.54 Å². The number of rotatable bonds is 4. The van der Waals surface area contributed by atoms with Crippen molar-refractivity contribution < 1.29 is 0 Å². The number of fused-ring (bicyclic) bond motifs is 1. The summed E-state index contributed by atoms with van der Waals surface area (Å²) in [5.41, 5.74) is 6.81. The van der Waals surface area contributed by atoms with Crippen LogP contribution in [0.2, 0.25) is 13.1 Å². The van der Waals surface area contributed by atoms with Gasteiger partial charge in [0.05, 0.1) is 0 Å². The predicted octanol–water partition coefficient (Wildman–Crippen LogP) is 7.51. The van der Waals surface area contributed by atoms with Crippen LogP contribution in [0.25, 0.3) is 11.1 Å². The Morgan fingerprint density at radius 3 is 2.21 bits per heavy atom. The molecule has 1 N–H and O–H groups in total. The molecule has 156 valence electrons. The normalized spacial score (nSPS) is 18.9. The van der Waals surface area contributed by atoms with E-state index in [1.54, 1.807) is 17.2 Å². The third-order valence-electron chi connectivity index (χ3n) is 5.53. The first-order chi connectivity index (χ1) is 13.6. The van der Waals surface area contributed by atoms with Gasteiger partial charge in [-0.05, 0) is 67.8 Å². The van der Waals surface area contributed by atoms with Gasteiger partial charge in [0.15, 0.2) is 0 Å². The van der Waals surface area contributed by atoms with Crippen LogP contribution in [0, 0.1) is 5.92 Å². The van der Waals surface area contributed by atoms with Crippen LogP contribution in [0.3, 0.4) is 0 Å². The zero-order valence-corrected chi connectivity index (χ0v) is 20.4. The highest BCUT2D eigenvalue weighted by molar-refractivity contribution is 6.76. The van der Waals surface area contributed by atoms with Crippen LogP contribution in [0.1, 0.15) is 51.3 Å². The SMILES string of the molecule is C=CC=CC.CC1Cc2c(-c3ccccc3)cccc2C1[Si](C)(C)NC(C)(C)C. The Labute approximate surface area is 180 Å². The maximum absolute atomic E-state index is 4.01. The summed E-state index contributed by atoms with van der Waals surface area (Å²) in [6.07, 6.45) is 6.78. The fourth-order valence-corrected chi connectivity index (χ4v) is 9.72. The van der Waals surface area contributed by atoms with E-state index < -0.39 is 8.24 Å². The fourth-order valence-electron chi connectivity index (χ4n) is 5.04. The molecule has 2 aromatic carbocycles. The minimum absolute atomic E-state index is 0.176. The highest BCUT2D eigenvalue weighted by atomic mass is 28.3. The van der Waals surface area contributed by atoms with Crippen LogP contribution in [-0.4, -0.2) is 13.8 Å². The van der Waals surface area contributed by atoms with Crippen LogP contribution in [-0.2, 0) is 6.42 Å². The number of allylic oxidation sites excluding steroid dienone is 3. The zero-order valence-electron chi connectivity index (χ0n) is 19.4. The first-order valence-electron chi connectivity index (χ1n) is 10.8. The molecular weight excluding hydrogens is 366 g/mol. The molecule has 0 fully saturated rings. The van der Waals surface area contributed by atoms with Gasteiger partial charge in [-0.15, -0.1) is 0 Å². The van der Waals surface area contributed by atoms with E-state index in [1.807, 2.05) is 19.1 Å². The molecule has 1 aliphatic rings. The molecule has 2 aromatic rings. The van der Waals surface area contributed by atoms with Crippen molar-refractivity contribution in [1.82, 2.24) is 4.98 Å². The van der Waals surface area contributed by atoms with E-state index in [0.29, 0.717) is 11.5 Å². The van der Waals surface area contributed by atoms with Crippen molar-refractivity contribution >= 4 is 8.24 Å². The summed E-state index contributed by atoms with van der Waals surface area (Å²) < 4.78 is 0. The van der Waals surface area contributed by atoms with Gasteiger partial charge in [0.25, 0.3) is 0 Å². The average Bonchev–Trinajstić information content (AvgIpc) is 2.98. The van der Waals surface area contributed by atoms with Crippen LogP contribution in [0.4, 0.5) is 0 Å². The minimum atomic E-state index is -1.59. The van der Waals surface area contributed by atoms with Gasteiger partial charge in [-0.1, -0.05) is 93.4 Å². The van der Waals surface area contributed by atoms with Gasteiger partial charge < -0.3 is 4.98 Å². The largest absolute Gasteiger partial charge is 0.332 e. The summed E-state index contributed by atoms with van der Waals surface area (Å²) in [4.78, 5) is 4.01. The summed E-state index contributed by atoms with van der Waals surface area (Å²) in [6.45, 7) is 19.8. The molecule has 0 radical (unpaired) electrons. The first-order valence-corrected chi connectivity index (χ1v) is 13.9. The van der Waals surface area contributed by atoms with Gasteiger partial charge in [-0.2, -0.15) is 0 Å². The number of hydrogen-bond acceptors (Lipinski definition) is 1. The van der Waals surface area contributed by atoms with E-state index in [-0.39, 0.29) is 5.54 Å². The Bertz CT molecular complexity index is 827. The summed E-state index contributed by atoms with van der Waals surface area (Å²) in [6, 6.07) is 17.8. The molecule has 1 aliphatic carbocycles. The Morgan fingerprint density at radius 2 is 1.69 bits per heavy atom. The van der Waals surface area contributed by atoms with Crippen molar-refractivity contribution in [2.45, 2.75) is 65.2 Å². The molecule has 0 heterocycles. The summed E-state index contributed by atoms with van der Waals surface area (Å²) in [5, 5.41) is 0. The molecule has 2 unspecified atom stereocenters. The van der Waals surface area contributed by atoms with E-state index in [4.69, 9.17) is 0 Å². The van der Waals surface area contributed by atoms with Gasteiger partial charge in [0.2, 0.25) is 0 Å². The third-order valence-corrected chi connectivity index (χ3v) is 9.36. The molecular formula is C27H39NSi. The van der Waals surface area contributed by atoms with Gasteiger partial charge in [0.1, 0.15) is 8.24 Å². The second-order valence-electron chi connectivity index (χ2n) is 9.76. The van der Waals surface area contributed by atoms with Crippen LogP contribution in [0.5, 0.6) is 0 Å². The highest BCUT2D eigenvalue weighted by Crippen LogP contribution is 2.46. The highest BCUT2D eigenvalue weighted by Gasteiger charge is 2.44. The van der Waals surface area contributed by atoms with Gasteiger partial charge >= 0.3 is 0 Å². The predicted molar refractivity (Wildman–Crippen MR) is 133 cm³/mol. The lowest BCUT2D eigenvalue weighted by atomic mass is 9.97. The van der Waals surface area contributed by atoms with E-state index >= 15 is 0 Å². The topological polar surface area (TPSA) is 12.0 Å².